The molecule has 0 aliphatic heterocycles. The lowest BCUT2D eigenvalue weighted by Gasteiger charge is -2.40. The van der Waals surface area contributed by atoms with Gasteiger partial charge in [0, 0.05) is 18.3 Å². The van der Waals surface area contributed by atoms with Gasteiger partial charge in [-0.05, 0) is 25.3 Å². The molecule has 0 N–H and O–H groups in total. The molecular formula is C19H24N2O2S. The molecule has 0 amide bonds. The van der Waals surface area contributed by atoms with Crippen LogP contribution in [0.1, 0.15) is 48.3 Å². The summed E-state index contributed by atoms with van der Waals surface area (Å²) in [5.41, 5.74) is 2.03. The van der Waals surface area contributed by atoms with Gasteiger partial charge in [-0.3, -0.25) is 4.79 Å². The second-order valence-corrected chi connectivity index (χ2v) is 7.58. The first-order chi connectivity index (χ1) is 11.7. The van der Waals surface area contributed by atoms with Crippen LogP contribution in [0.2, 0.25) is 0 Å². The standard InChI is InChI=1S/C19H24N2O2S/c1-15(16-7-4-3-5-8-16)21-14-20-11-17(21)18(22)24-13-19(12-23-2)9-6-10-19/h3-5,7-8,11,14-15H,6,9-10,12-13H2,1-2H3. The summed E-state index contributed by atoms with van der Waals surface area (Å²) in [5.74, 6) is 0.824. The van der Waals surface area contributed by atoms with E-state index < -0.39 is 0 Å². The fourth-order valence-electron chi connectivity index (χ4n) is 3.27. The Morgan fingerprint density at radius 1 is 1.38 bits per heavy atom. The Morgan fingerprint density at radius 2 is 2.12 bits per heavy atom. The zero-order valence-corrected chi connectivity index (χ0v) is 15.1. The largest absolute Gasteiger partial charge is 0.384 e. The second kappa shape index (κ2) is 7.53. The van der Waals surface area contributed by atoms with Gasteiger partial charge in [-0.1, -0.05) is 48.5 Å². The van der Waals surface area contributed by atoms with Gasteiger partial charge in [0.1, 0.15) is 5.69 Å². The molecule has 1 saturated carbocycles. The fraction of sp³-hybridized carbons (Fsp3) is 0.474. The number of imidazole rings is 1. The molecule has 0 saturated heterocycles. The Bertz CT molecular complexity index is 680. The summed E-state index contributed by atoms with van der Waals surface area (Å²) in [6.45, 7) is 2.84. The van der Waals surface area contributed by atoms with Crippen molar-refractivity contribution in [3.05, 3.63) is 54.1 Å². The zero-order valence-electron chi connectivity index (χ0n) is 14.3. The molecule has 5 heteroatoms. The van der Waals surface area contributed by atoms with Crippen molar-refractivity contribution in [2.45, 2.75) is 32.2 Å². The lowest BCUT2D eigenvalue weighted by molar-refractivity contribution is 0.0371. The number of nitrogens with zero attached hydrogens (tertiary/aromatic N) is 2. The number of carbonyl (C=O) groups is 1. The predicted octanol–water partition coefficient (Wildman–Crippen LogP) is 4.18. The maximum atomic E-state index is 12.7. The van der Waals surface area contributed by atoms with Crippen LogP contribution in [-0.4, -0.2) is 34.1 Å². The highest BCUT2D eigenvalue weighted by atomic mass is 32.2. The molecule has 0 radical (unpaired) electrons. The Hall–Kier alpha value is -1.59. The number of rotatable bonds is 7. The topological polar surface area (TPSA) is 44.1 Å². The van der Waals surface area contributed by atoms with Gasteiger partial charge in [-0.15, -0.1) is 0 Å². The highest BCUT2D eigenvalue weighted by Gasteiger charge is 2.37. The van der Waals surface area contributed by atoms with Gasteiger partial charge in [0.15, 0.2) is 0 Å². The maximum Gasteiger partial charge on any atom is 0.237 e. The minimum absolute atomic E-state index is 0.0879. The summed E-state index contributed by atoms with van der Waals surface area (Å²) in [7, 11) is 1.74. The van der Waals surface area contributed by atoms with Gasteiger partial charge in [0.05, 0.1) is 25.2 Å². The molecule has 1 fully saturated rings. The average Bonchev–Trinajstić information content (AvgIpc) is 3.06. The van der Waals surface area contributed by atoms with E-state index >= 15 is 0 Å². The molecule has 24 heavy (non-hydrogen) atoms. The third-order valence-electron chi connectivity index (χ3n) is 4.95. The van der Waals surface area contributed by atoms with E-state index in [1.807, 2.05) is 22.8 Å². The van der Waals surface area contributed by atoms with Crippen molar-refractivity contribution >= 4 is 16.9 Å². The van der Waals surface area contributed by atoms with Crippen LogP contribution >= 0.6 is 11.8 Å². The van der Waals surface area contributed by atoms with Crippen LogP contribution in [0.25, 0.3) is 0 Å². The molecule has 128 valence electrons. The number of thioether (sulfide) groups is 1. The Kier molecular flexibility index (Phi) is 5.41. The van der Waals surface area contributed by atoms with Crippen molar-refractivity contribution < 1.29 is 9.53 Å². The zero-order chi connectivity index (χ0) is 17.0. The first-order valence-electron chi connectivity index (χ1n) is 8.38. The Morgan fingerprint density at radius 3 is 2.75 bits per heavy atom. The highest BCUT2D eigenvalue weighted by molar-refractivity contribution is 8.14. The monoisotopic (exact) mass is 344 g/mol. The molecule has 1 aliphatic carbocycles. The summed E-state index contributed by atoms with van der Waals surface area (Å²) in [6, 6.07) is 10.3. The Balaban J connectivity index is 1.69. The van der Waals surface area contributed by atoms with Crippen molar-refractivity contribution in [1.29, 1.82) is 0 Å². The average molecular weight is 344 g/mol. The van der Waals surface area contributed by atoms with E-state index in [4.69, 9.17) is 4.74 Å². The van der Waals surface area contributed by atoms with Gasteiger partial charge in [-0.25, -0.2) is 4.98 Å². The smallest absolute Gasteiger partial charge is 0.237 e. The van der Waals surface area contributed by atoms with Crippen LogP contribution in [-0.2, 0) is 4.74 Å². The molecule has 3 rings (SSSR count). The highest BCUT2D eigenvalue weighted by Crippen LogP contribution is 2.44. The maximum absolute atomic E-state index is 12.7. The minimum atomic E-state index is 0.0879. The summed E-state index contributed by atoms with van der Waals surface area (Å²) in [6.07, 6.45) is 6.97. The van der Waals surface area contributed by atoms with E-state index in [0.29, 0.717) is 5.69 Å². The first kappa shape index (κ1) is 17.2. The molecule has 4 nitrogen and oxygen atoms in total. The number of aromatic nitrogens is 2. The predicted molar refractivity (Wildman–Crippen MR) is 97.4 cm³/mol. The first-order valence-corrected chi connectivity index (χ1v) is 9.37. The van der Waals surface area contributed by atoms with Gasteiger partial charge < -0.3 is 9.30 Å². The Labute approximate surface area is 147 Å². The lowest BCUT2D eigenvalue weighted by Crippen LogP contribution is -2.37. The van der Waals surface area contributed by atoms with E-state index in [-0.39, 0.29) is 16.6 Å². The number of ether oxygens (including phenoxy) is 1. The SMILES string of the molecule is COCC1(CSC(=O)c2cncn2C(C)c2ccccc2)CCC1. The van der Waals surface area contributed by atoms with E-state index in [0.717, 1.165) is 25.2 Å². The summed E-state index contributed by atoms with van der Waals surface area (Å²) < 4.78 is 7.32. The van der Waals surface area contributed by atoms with Gasteiger partial charge >= 0.3 is 0 Å². The number of carbonyl (C=O) groups excluding carboxylic acids is 1. The van der Waals surface area contributed by atoms with E-state index in [1.165, 1.54) is 23.7 Å². The van der Waals surface area contributed by atoms with E-state index in [9.17, 15) is 4.79 Å². The molecule has 1 aromatic heterocycles. The van der Waals surface area contributed by atoms with Gasteiger partial charge in [0.2, 0.25) is 5.12 Å². The summed E-state index contributed by atoms with van der Waals surface area (Å²) >= 11 is 1.40. The number of hydrogen-bond acceptors (Lipinski definition) is 4. The minimum Gasteiger partial charge on any atom is -0.384 e. The van der Waals surface area contributed by atoms with Crippen LogP contribution in [0.3, 0.4) is 0 Å². The van der Waals surface area contributed by atoms with Crippen molar-refractivity contribution in [1.82, 2.24) is 9.55 Å². The van der Waals surface area contributed by atoms with Crippen LogP contribution in [0, 0.1) is 5.41 Å². The third kappa shape index (κ3) is 3.57. The number of methoxy groups -OCH3 is 1. The summed E-state index contributed by atoms with van der Waals surface area (Å²) in [4.78, 5) is 16.9. The molecular weight excluding hydrogens is 320 g/mol. The normalized spacial score (nSPS) is 17.2. The third-order valence-corrected chi connectivity index (χ3v) is 6.18. The molecule has 1 heterocycles. The van der Waals surface area contributed by atoms with Crippen molar-refractivity contribution in [2.24, 2.45) is 5.41 Å². The second-order valence-electron chi connectivity index (χ2n) is 6.64. The van der Waals surface area contributed by atoms with Crippen molar-refractivity contribution in [3.8, 4) is 0 Å². The lowest BCUT2D eigenvalue weighted by atomic mass is 9.71. The number of benzene rings is 1. The quantitative estimate of drug-likeness (QED) is 0.756. The summed E-state index contributed by atoms with van der Waals surface area (Å²) in [5, 5.41) is 0.0951. The van der Waals surface area contributed by atoms with Crippen LogP contribution in [0.4, 0.5) is 0 Å². The molecule has 0 bridgehead atoms. The fourth-order valence-corrected chi connectivity index (χ4v) is 4.38. The van der Waals surface area contributed by atoms with Crippen LogP contribution in [0.5, 0.6) is 0 Å². The van der Waals surface area contributed by atoms with Crippen LogP contribution in [0.15, 0.2) is 42.9 Å². The molecule has 1 unspecified atom stereocenters. The molecule has 0 spiro atoms. The van der Waals surface area contributed by atoms with E-state index in [2.05, 4.69) is 24.0 Å². The molecule has 1 atom stereocenters. The van der Waals surface area contributed by atoms with Crippen LogP contribution < -0.4 is 0 Å². The van der Waals surface area contributed by atoms with Crippen molar-refractivity contribution in [3.63, 3.8) is 0 Å². The van der Waals surface area contributed by atoms with Crippen molar-refractivity contribution in [2.75, 3.05) is 19.5 Å². The molecule has 1 aliphatic rings. The molecule has 1 aromatic carbocycles. The van der Waals surface area contributed by atoms with Gasteiger partial charge in [-0.2, -0.15) is 0 Å². The number of hydrogen-bond donors (Lipinski definition) is 0. The molecule has 2 aromatic rings. The van der Waals surface area contributed by atoms with Gasteiger partial charge in [0.25, 0.3) is 0 Å². The van der Waals surface area contributed by atoms with E-state index in [1.54, 1.807) is 19.6 Å².